The van der Waals surface area contributed by atoms with E-state index in [2.05, 4.69) is 18.5 Å². The molecule has 0 bridgehead atoms. The summed E-state index contributed by atoms with van der Waals surface area (Å²) in [4.78, 5) is 1.47. The first-order valence-electron chi connectivity index (χ1n) is 4.23. The number of rotatable bonds is 3. The Morgan fingerprint density at radius 1 is 1.64 bits per heavy atom. The van der Waals surface area contributed by atoms with Crippen molar-refractivity contribution < 1.29 is 14.2 Å². The molecule has 0 aromatic heterocycles. The molecule has 1 heterocycles. The summed E-state index contributed by atoms with van der Waals surface area (Å²) in [6.07, 6.45) is 0. The van der Waals surface area contributed by atoms with E-state index in [1.54, 1.807) is 0 Å². The van der Waals surface area contributed by atoms with Gasteiger partial charge in [-0.15, -0.1) is 0 Å². The van der Waals surface area contributed by atoms with Gasteiger partial charge in [0.15, 0.2) is 13.3 Å². The topological polar surface area (TPSA) is 16.7 Å². The Morgan fingerprint density at radius 2 is 2.36 bits per heavy atom. The number of hydrogen-bond donors (Lipinski definition) is 1. The maximum absolute atomic E-state index is 5.35. The average molecular weight is 158 g/mol. The van der Waals surface area contributed by atoms with E-state index in [0.29, 0.717) is 0 Å². The fraction of sp³-hybridized carbons (Fsp3) is 0.875. The van der Waals surface area contributed by atoms with Crippen LogP contribution in [-0.2, 0) is 4.74 Å². The molecule has 3 heteroatoms. The predicted octanol–water partition coefficient (Wildman–Crippen LogP) is -1.06. The number of amidine groups is 1. The molecule has 1 atom stereocenters. The van der Waals surface area contributed by atoms with Crippen LogP contribution in [0.1, 0.15) is 13.8 Å². The van der Waals surface area contributed by atoms with Crippen molar-refractivity contribution in [2.45, 2.75) is 13.8 Å². The molecule has 64 valence electrons. The quantitative estimate of drug-likeness (QED) is 0.518. The Balaban J connectivity index is 2.37. The van der Waals surface area contributed by atoms with Gasteiger partial charge in [-0.3, -0.25) is 0 Å². The zero-order valence-electron chi connectivity index (χ0n) is 7.68. The molecule has 0 saturated carbocycles. The van der Waals surface area contributed by atoms with Gasteiger partial charge in [0, 0.05) is 6.61 Å². The van der Waals surface area contributed by atoms with Gasteiger partial charge in [0.1, 0.15) is 13.6 Å². The van der Waals surface area contributed by atoms with Gasteiger partial charge < -0.3 is 4.74 Å². The van der Waals surface area contributed by atoms with Gasteiger partial charge in [0.25, 0.3) is 0 Å². The van der Waals surface area contributed by atoms with Gasteiger partial charge in [-0.05, 0) is 6.92 Å². The lowest BCUT2D eigenvalue weighted by Crippen LogP contribution is -3.13. The summed E-state index contributed by atoms with van der Waals surface area (Å²) in [5, 5.41) is 0. The summed E-state index contributed by atoms with van der Waals surface area (Å²) in [5.74, 6) is 1.40. The predicted molar refractivity (Wildman–Crippen MR) is 44.1 cm³/mol. The molecule has 0 aliphatic carbocycles. The van der Waals surface area contributed by atoms with Crippen molar-refractivity contribution in [1.82, 2.24) is 0 Å². The van der Waals surface area contributed by atoms with Gasteiger partial charge in [-0.2, -0.15) is 4.58 Å². The highest BCUT2D eigenvalue weighted by atomic mass is 16.5. The van der Waals surface area contributed by atoms with Crippen LogP contribution >= 0.6 is 0 Å². The molecule has 1 rings (SSSR count). The number of nitrogens with zero attached hydrogens (tertiary/aromatic N) is 1. The van der Waals surface area contributed by atoms with Gasteiger partial charge in [-0.1, -0.05) is 0 Å². The Hall–Kier alpha value is -0.410. The van der Waals surface area contributed by atoms with Crippen molar-refractivity contribution in [3.05, 3.63) is 0 Å². The average Bonchev–Trinajstić information content (AvgIpc) is 2.31. The van der Waals surface area contributed by atoms with Gasteiger partial charge in [-0.25, -0.2) is 4.90 Å². The first-order valence-corrected chi connectivity index (χ1v) is 4.23. The molecule has 0 spiro atoms. The van der Waals surface area contributed by atoms with Gasteiger partial charge in [0.05, 0.1) is 6.92 Å². The van der Waals surface area contributed by atoms with Crippen molar-refractivity contribution in [3.63, 3.8) is 0 Å². The Morgan fingerprint density at radius 3 is 2.82 bits per heavy atom. The fourth-order valence-electron chi connectivity index (χ4n) is 1.32. The molecule has 0 aromatic rings. The van der Waals surface area contributed by atoms with E-state index in [-0.39, 0.29) is 0 Å². The van der Waals surface area contributed by atoms with E-state index < -0.39 is 0 Å². The SMILES string of the molecule is CCOC[NH+]1CC[N+](C)=C1C. The summed E-state index contributed by atoms with van der Waals surface area (Å²) in [6.45, 7) is 8.19. The molecular formula is C8H18N2O+2. The molecule has 11 heavy (non-hydrogen) atoms. The Bertz CT molecular complexity index is 165. The Labute approximate surface area is 68.3 Å². The number of nitrogens with one attached hydrogen (secondary N) is 1. The molecule has 1 N–H and O–H groups in total. The van der Waals surface area contributed by atoms with Crippen LogP contribution in [0.3, 0.4) is 0 Å². The normalized spacial score (nSPS) is 24.8. The van der Waals surface area contributed by atoms with Crippen LogP contribution in [0.4, 0.5) is 0 Å². The third kappa shape index (κ3) is 2.01. The highest BCUT2D eigenvalue weighted by Gasteiger charge is 2.28. The van der Waals surface area contributed by atoms with Crippen LogP contribution in [0.2, 0.25) is 0 Å². The van der Waals surface area contributed by atoms with Crippen LogP contribution in [0.5, 0.6) is 0 Å². The maximum atomic E-state index is 5.35. The Kier molecular flexibility index (Phi) is 3.02. The lowest BCUT2D eigenvalue weighted by molar-refractivity contribution is -0.826. The zero-order valence-corrected chi connectivity index (χ0v) is 7.68. The van der Waals surface area contributed by atoms with Crippen molar-refractivity contribution in [3.8, 4) is 0 Å². The summed E-state index contributed by atoms with van der Waals surface area (Å²) < 4.78 is 7.64. The van der Waals surface area contributed by atoms with Gasteiger partial charge in [0.2, 0.25) is 0 Å². The second kappa shape index (κ2) is 3.83. The van der Waals surface area contributed by atoms with Gasteiger partial charge >= 0.3 is 5.84 Å². The van der Waals surface area contributed by atoms with E-state index in [4.69, 9.17) is 4.74 Å². The standard InChI is InChI=1S/C8H17N2O/c1-4-11-7-10-6-5-9(3)8(10)2/h4-7H2,1-3H3/q+1/p+1. The summed E-state index contributed by atoms with van der Waals surface area (Å²) >= 11 is 0. The van der Waals surface area contributed by atoms with Crippen LogP contribution in [-0.4, -0.2) is 43.9 Å². The van der Waals surface area contributed by atoms with Crippen LogP contribution < -0.4 is 4.90 Å². The van der Waals surface area contributed by atoms with E-state index in [1.807, 2.05) is 6.92 Å². The van der Waals surface area contributed by atoms with Crippen molar-refractivity contribution >= 4 is 5.84 Å². The molecule has 3 nitrogen and oxygen atoms in total. The number of likely N-dealkylation sites (N-methyl/N-ethyl adjacent to an activating group) is 1. The van der Waals surface area contributed by atoms with E-state index in [9.17, 15) is 0 Å². The molecule has 0 saturated heterocycles. The summed E-state index contributed by atoms with van der Waals surface area (Å²) in [6, 6.07) is 0. The van der Waals surface area contributed by atoms with Crippen molar-refractivity contribution in [2.24, 2.45) is 0 Å². The minimum Gasteiger partial charge on any atom is -0.331 e. The number of ether oxygens (including phenoxy) is 1. The molecule has 1 aliphatic rings. The molecule has 1 unspecified atom stereocenters. The van der Waals surface area contributed by atoms with E-state index in [0.717, 1.165) is 19.9 Å². The lowest BCUT2D eigenvalue weighted by Gasteiger charge is -2.06. The maximum Gasteiger partial charge on any atom is 0.335 e. The number of hydrogen-bond acceptors (Lipinski definition) is 1. The van der Waals surface area contributed by atoms with E-state index in [1.165, 1.54) is 17.3 Å². The minimum absolute atomic E-state index is 0.820. The molecule has 0 radical (unpaired) electrons. The van der Waals surface area contributed by atoms with Crippen LogP contribution in [0.25, 0.3) is 0 Å². The largest absolute Gasteiger partial charge is 0.335 e. The van der Waals surface area contributed by atoms with E-state index >= 15 is 0 Å². The smallest absolute Gasteiger partial charge is 0.331 e. The zero-order chi connectivity index (χ0) is 8.27. The monoisotopic (exact) mass is 158 g/mol. The molecule has 0 amide bonds. The third-order valence-corrected chi connectivity index (χ3v) is 2.31. The van der Waals surface area contributed by atoms with Crippen molar-refractivity contribution in [1.29, 1.82) is 0 Å². The van der Waals surface area contributed by atoms with Crippen LogP contribution in [0, 0.1) is 0 Å². The lowest BCUT2D eigenvalue weighted by atomic mass is 10.6. The molecule has 1 aliphatic heterocycles. The highest BCUT2D eigenvalue weighted by Crippen LogP contribution is 1.76. The first-order chi connectivity index (χ1) is 5.25. The second-order valence-electron chi connectivity index (χ2n) is 3.00. The highest BCUT2D eigenvalue weighted by molar-refractivity contribution is 5.65. The summed E-state index contributed by atoms with van der Waals surface area (Å²) in [5.41, 5.74) is 0. The minimum atomic E-state index is 0.820. The van der Waals surface area contributed by atoms with Crippen molar-refractivity contribution in [2.75, 3.05) is 33.5 Å². The van der Waals surface area contributed by atoms with Crippen LogP contribution in [0.15, 0.2) is 0 Å². The molecule has 0 aromatic carbocycles. The fourth-order valence-corrected chi connectivity index (χ4v) is 1.32. The molecule has 0 fully saturated rings. The first kappa shape index (κ1) is 8.68. The summed E-state index contributed by atoms with van der Waals surface area (Å²) in [7, 11) is 2.13. The molecular weight excluding hydrogens is 140 g/mol. The number of quaternary nitrogens is 1. The third-order valence-electron chi connectivity index (χ3n) is 2.31. The second-order valence-corrected chi connectivity index (χ2v) is 3.00.